The maximum atomic E-state index is 12.7. The molecule has 1 aromatic heterocycles. The van der Waals surface area contributed by atoms with Gasteiger partial charge in [0.05, 0.1) is 10.9 Å². The molecule has 0 aliphatic carbocycles. The molecule has 2 N–H and O–H groups in total. The Hall–Kier alpha value is -3.85. The predicted octanol–water partition coefficient (Wildman–Crippen LogP) is 4.34. The van der Waals surface area contributed by atoms with Crippen LogP contribution in [0, 0.1) is 6.92 Å². The monoisotopic (exact) mass is 490 g/mol. The fourth-order valence-electron chi connectivity index (χ4n) is 4.28. The summed E-state index contributed by atoms with van der Waals surface area (Å²) in [5.41, 5.74) is 3.26. The van der Waals surface area contributed by atoms with Gasteiger partial charge in [-0.3, -0.25) is 9.52 Å². The molecule has 8 nitrogen and oxygen atoms in total. The van der Waals surface area contributed by atoms with Crippen LogP contribution in [0.3, 0.4) is 0 Å². The van der Waals surface area contributed by atoms with E-state index in [4.69, 9.17) is 4.42 Å². The largest absolute Gasteiger partial charge is 0.423 e. The third kappa shape index (κ3) is 5.00. The van der Waals surface area contributed by atoms with Gasteiger partial charge in [0.15, 0.2) is 5.58 Å². The van der Waals surface area contributed by atoms with Crippen LogP contribution in [0.5, 0.6) is 0 Å². The summed E-state index contributed by atoms with van der Waals surface area (Å²) in [5, 5.41) is 2.99. The number of nitrogens with zero attached hydrogens (tertiary/aromatic N) is 2. The Kier molecular flexibility index (Phi) is 6.17. The number of hydrogen-bond donors (Lipinski definition) is 2. The molecule has 5 rings (SSSR count). The van der Waals surface area contributed by atoms with Crippen molar-refractivity contribution in [1.82, 2.24) is 10.3 Å². The first-order valence-electron chi connectivity index (χ1n) is 11.5. The van der Waals surface area contributed by atoms with E-state index in [-0.39, 0.29) is 16.8 Å². The lowest BCUT2D eigenvalue weighted by Gasteiger charge is -2.23. The second kappa shape index (κ2) is 9.42. The zero-order chi connectivity index (χ0) is 24.4. The number of carbonyl (C=O) groups excluding carboxylic acids is 1. The Labute approximate surface area is 204 Å². The molecule has 0 spiro atoms. The number of oxazole rings is 1. The average Bonchev–Trinajstić information content (AvgIpc) is 3.49. The summed E-state index contributed by atoms with van der Waals surface area (Å²) < 4.78 is 33.7. The van der Waals surface area contributed by atoms with Crippen LogP contribution in [-0.4, -0.2) is 38.4 Å². The average molecular weight is 491 g/mol. The van der Waals surface area contributed by atoms with Gasteiger partial charge in [-0.15, -0.1) is 0 Å². The summed E-state index contributed by atoms with van der Waals surface area (Å²) >= 11 is 0. The standard InChI is InChI=1S/C26H26N4O4S/c1-18-6-4-8-22(16-18)35(32,33)29-20-13-11-19(12-14-20)25(31)27-17-21-7-5-15-30(21)26-28-23-9-2-3-10-24(23)34-26/h2-4,6,8-14,16,21,29H,5,7,15,17H2,1H3,(H,27,31). The molecular formula is C26H26N4O4S. The molecule has 1 atom stereocenters. The van der Waals surface area contributed by atoms with Gasteiger partial charge >= 0.3 is 0 Å². The van der Waals surface area contributed by atoms with Gasteiger partial charge in [-0.2, -0.15) is 4.98 Å². The van der Waals surface area contributed by atoms with Crippen molar-refractivity contribution in [3.05, 3.63) is 83.9 Å². The smallest absolute Gasteiger partial charge is 0.298 e. The van der Waals surface area contributed by atoms with Crippen LogP contribution < -0.4 is 14.9 Å². The summed E-state index contributed by atoms with van der Waals surface area (Å²) in [7, 11) is -3.70. The highest BCUT2D eigenvalue weighted by Gasteiger charge is 2.28. The van der Waals surface area contributed by atoms with E-state index in [1.165, 1.54) is 0 Å². The van der Waals surface area contributed by atoms with E-state index >= 15 is 0 Å². The Bertz CT molecular complexity index is 1430. The van der Waals surface area contributed by atoms with Gasteiger partial charge in [-0.05, 0) is 73.9 Å². The molecule has 3 aromatic carbocycles. The molecule has 1 saturated heterocycles. The highest BCUT2D eigenvalue weighted by Crippen LogP contribution is 2.28. The van der Waals surface area contributed by atoms with Crippen molar-refractivity contribution in [3.8, 4) is 0 Å². The van der Waals surface area contributed by atoms with Crippen LogP contribution in [0.15, 0.2) is 82.1 Å². The first-order valence-corrected chi connectivity index (χ1v) is 13.0. The number of benzene rings is 3. The lowest BCUT2D eigenvalue weighted by Crippen LogP contribution is -2.40. The summed E-state index contributed by atoms with van der Waals surface area (Å²) in [6.07, 6.45) is 1.92. The number of aryl methyl sites for hydroxylation is 1. The van der Waals surface area contributed by atoms with E-state index in [2.05, 4.69) is 19.9 Å². The van der Waals surface area contributed by atoms with Crippen LogP contribution in [-0.2, 0) is 10.0 Å². The molecule has 1 aliphatic heterocycles. The van der Waals surface area contributed by atoms with Crippen molar-refractivity contribution in [2.24, 2.45) is 0 Å². The Morgan fingerprint density at radius 3 is 2.66 bits per heavy atom. The quantitative estimate of drug-likeness (QED) is 0.399. The van der Waals surface area contributed by atoms with E-state index in [0.29, 0.717) is 23.8 Å². The molecule has 0 saturated carbocycles. The summed E-state index contributed by atoms with van der Waals surface area (Å²) in [4.78, 5) is 19.6. The number of fused-ring (bicyclic) bond motifs is 1. The van der Waals surface area contributed by atoms with Gasteiger partial charge in [0.2, 0.25) is 0 Å². The highest BCUT2D eigenvalue weighted by molar-refractivity contribution is 7.92. The van der Waals surface area contributed by atoms with E-state index < -0.39 is 10.0 Å². The maximum absolute atomic E-state index is 12.7. The summed E-state index contributed by atoms with van der Waals surface area (Å²) in [6, 6.07) is 21.4. The SMILES string of the molecule is Cc1cccc(S(=O)(=O)Nc2ccc(C(=O)NCC3CCCN3c3nc4ccccc4o3)cc2)c1. The molecule has 2 heterocycles. The minimum Gasteiger partial charge on any atom is -0.423 e. The second-order valence-electron chi connectivity index (χ2n) is 8.66. The van der Waals surface area contributed by atoms with Crippen molar-refractivity contribution >= 4 is 38.7 Å². The van der Waals surface area contributed by atoms with Gasteiger partial charge in [-0.25, -0.2) is 8.42 Å². The molecule has 1 amide bonds. The molecule has 0 bridgehead atoms. The van der Waals surface area contributed by atoms with Crippen LogP contribution in [0.25, 0.3) is 11.1 Å². The van der Waals surface area contributed by atoms with Crippen LogP contribution >= 0.6 is 0 Å². The van der Waals surface area contributed by atoms with Crippen LogP contribution in [0.4, 0.5) is 11.7 Å². The van der Waals surface area contributed by atoms with E-state index in [9.17, 15) is 13.2 Å². The second-order valence-corrected chi connectivity index (χ2v) is 10.3. The van der Waals surface area contributed by atoms with Crippen molar-refractivity contribution in [3.63, 3.8) is 0 Å². The normalized spacial score (nSPS) is 15.9. The van der Waals surface area contributed by atoms with Crippen molar-refractivity contribution < 1.29 is 17.6 Å². The van der Waals surface area contributed by atoms with Crippen molar-refractivity contribution in [2.45, 2.75) is 30.7 Å². The van der Waals surface area contributed by atoms with Crippen LogP contribution in [0.1, 0.15) is 28.8 Å². The predicted molar refractivity (Wildman–Crippen MR) is 135 cm³/mol. The third-order valence-corrected chi connectivity index (χ3v) is 7.48. The fourth-order valence-corrected chi connectivity index (χ4v) is 5.44. The lowest BCUT2D eigenvalue weighted by molar-refractivity contribution is 0.0951. The Morgan fingerprint density at radius 2 is 1.89 bits per heavy atom. The number of hydrogen-bond acceptors (Lipinski definition) is 6. The Morgan fingerprint density at radius 1 is 1.09 bits per heavy atom. The zero-order valence-corrected chi connectivity index (χ0v) is 20.1. The zero-order valence-electron chi connectivity index (χ0n) is 19.3. The number of para-hydroxylation sites is 2. The fraction of sp³-hybridized carbons (Fsp3) is 0.231. The number of rotatable bonds is 7. The third-order valence-electron chi connectivity index (χ3n) is 6.10. The molecule has 9 heteroatoms. The topological polar surface area (TPSA) is 105 Å². The molecule has 35 heavy (non-hydrogen) atoms. The maximum Gasteiger partial charge on any atom is 0.298 e. The number of sulfonamides is 1. The molecule has 180 valence electrons. The van der Waals surface area contributed by atoms with Gasteiger partial charge < -0.3 is 14.6 Å². The number of nitrogens with one attached hydrogen (secondary N) is 2. The van der Waals surface area contributed by atoms with Gasteiger partial charge in [0.25, 0.3) is 21.9 Å². The minimum absolute atomic E-state index is 0.0902. The van der Waals surface area contributed by atoms with E-state index in [1.54, 1.807) is 42.5 Å². The minimum atomic E-state index is -3.70. The highest BCUT2D eigenvalue weighted by atomic mass is 32.2. The summed E-state index contributed by atoms with van der Waals surface area (Å²) in [6.45, 7) is 3.12. The lowest BCUT2D eigenvalue weighted by atomic mass is 10.2. The molecule has 1 fully saturated rings. The van der Waals surface area contributed by atoms with Crippen molar-refractivity contribution in [1.29, 1.82) is 0 Å². The first kappa shape index (κ1) is 22.9. The number of anilines is 2. The van der Waals surface area contributed by atoms with Gasteiger partial charge in [0.1, 0.15) is 5.52 Å². The van der Waals surface area contributed by atoms with Crippen molar-refractivity contribution in [2.75, 3.05) is 22.7 Å². The molecule has 1 unspecified atom stereocenters. The molecule has 4 aromatic rings. The number of amides is 1. The molecular weight excluding hydrogens is 464 g/mol. The first-order chi connectivity index (χ1) is 16.9. The number of carbonyl (C=O) groups is 1. The number of aromatic nitrogens is 1. The van der Waals surface area contributed by atoms with Crippen LogP contribution in [0.2, 0.25) is 0 Å². The van der Waals surface area contributed by atoms with E-state index in [1.807, 2.05) is 37.3 Å². The van der Waals surface area contributed by atoms with E-state index in [0.717, 1.165) is 36.0 Å². The molecule has 1 aliphatic rings. The van der Waals surface area contributed by atoms with Gasteiger partial charge in [-0.1, -0.05) is 24.3 Å². The summed E-state index contributed by atoms with van der Waals surface area (Å²) in [5.74, 6) is -0.220. The Balaban J connectivity index is 1.21. The van der Waals surface area contributed by atoms with Gasteiger partial charge in [0, 0.05) is 24.3 Å². The molecule has 0 radical (unpaired) electrons.